The zero-order valence-corrected chi connectivity index (χ0v) is 8.77. The minimum atomic E-state index is -1.01. The number of ether oxygens (including phenoxy) is 1. The molecule has 0 aliphatic carbocycles. The first-order valence-corrected chi connectivity index (χ1v) is 5.05. The van der Waals surface area contributed by atoms with Crippen molar-refractivity contribution < 1.29 is 14.6 Å². The first-order chi connectivity index (χ1) is 7.25. The number of pyridine rings is 1. The van der Waals surface area contributed by atoms with Crippen LogP contribution in [0, 0.1) is 0 Å². The van der Waals surface area contributed by atoms with Gasteiger partial charge in [-0.3, -0.25) is 4.98 Å². The molecule has 0 fully saturated rings. The number of rotatable bonds is 6. The number of carbonyl (C=O) groups is 1. The third-order valence-electron chi connectivity index (χ3n) is 2.02. The van der Waals surface area contributed by atoms with E-state index >= 15 is 0 Å². The standard InChI is InChI=1S/C11H15NO3/c1-2-3-4-7-15-10-5-6-12-8-9(10)11(13)14/h5-6,8H,2-4,7H2,1H3,(H,13,14). The summed E-state index contributed by atoms with van der Waals surface area (Å²) in [6.07, 6.45) is 5.98. The van der Waals surface area contributed by atoms with E-state index in [2.05, 4.69) is 11.9 Å². The predicted octanol–water partition coefficient (Wildman–Crippen LogP) is 2.35. The van der Waals surface area contributed by atoms with Crippen molar-refractivity contribution in [3.63, 3.8) is 0 Å². The smallest absolute Gasteiger partial charge is 0.341 e. The number of aromatic nitrogens is 1. The maximum absolute atomic E-state index is 10.8. The number of hydrogen-bond donors (Lipinski definition) is 1. The molecule has 0 radical (unpaired) electrons. The second-order valence-corrected chi connectivity index (χ2v) is 3.23. The van der Waals surface area contributed by atoms with Crippen molar-refractivity contribution in [1.29, 1.82) is 0 Å². The Balaban J connectivity index is 2.56. The molecular formula is C11H15NO3. The molecule has 82 valence electrons. The Morgan fingerprint density at radius 3 is 3.00 bits per heavy atom. The van der Waals surface area contributed by atoms with E-state index in [0.29, 0.717) is 12.4 Å². The number of hydrogen-bond acceptors (Lipinski definition) is 3. The van der Waals surface area contributed by atoms with E-state index in [1.165, 1.54) is 12.4 Å². The summed E-state index contributed by atoms with van der Waals surface area (Å²) in [5.41, 5.74) is 0.119. The summed E-state index contributed by atoms with van der Waals surface area (Å²) in [6.45, 7) is 2.66. The SMILES string of the molecule is CCCCCOc1ccncc1C(=O)O. The van der Waals surface area contributed by atoms with Crippen LogP contribution in [0.3, 0.4) is 0 Å². The quantitative estimate of drug-likeness (QED) is 0.730. The van der Waals surface area contributed by atoms with Crippen LogP contribution in [-0.4, -0.2) is 22.7 Å². The molecule has 0 aromatic carbocycles. The molecule has 15 heavy (non-hydrogen) atoms. The van der Waals surface area contributed by atoms with Gasteiger partial charge in [0.2, 0.25) is 0 Å². The third kappa shape index (κ3) is 3.58. The zero-order chi connectivity index (χ0) is 11.1. The van der Waals surface area contributed by atoms with Crippen molar-refractivity contribution >= 4 is 5.97 Å². The number of nitrogens with zero attached hydrogens (tertiary/aromatic N) is 1. The highest BCUT2D eigenvalue weighted by molar-refractivity contribution is 5.90. The molecule has 4 heteroatoms. The molecule has 0 saturated carbocycles. The van der Waals surface area contributed by atoms with Crippen LogP contribution in [0.5, 0.6) is 5.75 Å². The van der Waals surface area contributed by atoms with Gasteiger partial charge in [-0.15, -0.1) is 0 Å². The lowest BCUT2D eigenvalue weighted by molar-refractivity contribution is 0.0691. The van der Waals surface area contributed by atoms with Gasteiger partial charge in [0.05, 0.1) is 6.61 Å². The summed E-state index contributed by atoms with van der Waals surface area (Å²) in [5.74, 6) is -0.609. The summed E-state index contributed by atoms with van der Waals surface area (Å²) >= 11 is 0. The average Bonchev–Trinajstić information content (AvgIpc) is 2.25. The highest BCUT2D eigenvalue weighted by Gasteiger charge is 2.10. The molecule has 0 atom stereocenters. The Kier molecular flexibility index (Phi) is 4.60. The maximum Gasteiger partial charge on any atom is 0.341 e. The molecule has 0 amide bonds. The van der Waals surface area contributed by atoms with Gasteiger partial charge in [-0.2, -0.15) is 0 Å². The lowest BCUT2D eigenvalue weighted by Gasteiger charge is -2.07. The molecule has 0 spiro atoms. The van der Waals surface area contributed by atoms with Crippen LogP contribution in [0.15, 0.2) is 18.5 Å². The van der Waals surface area contributed by atoms with Crippen LogP contribution < -0.4 is 4.74 Å². The van der Waals surface area contributed by atoms with Crippen LogP contribution in [0.4, 0.5) is 0 Å². The van der Waals surface area contributed by atoms with Gasteiger partial charge in [0, 0.05) is 12.4 Å². The molecule has 4 nitrogen and oxygen atoms in total. The Morgan fingerprint density at radius 2 is 2.33 bits per heavy atom. The van der Waals surface area contributed by atoms with E-state index in [0.717, 1.165) is 19.3 Å². The molecular weight excluding hydrogens is 194 g/mol. The number of carboxylic acids is 1. The van der Waals surface area contributed by atoms with E-state index in [4.69, 9.17) is 9.84 Å². The third-order valence-corrected chi connectivity index (χ3v) is 2.02. The van der Waals surface area contributed by atoms with Gasteiger partial charge >= 0.3 is 5.97 Å². The topological polar surface area (TPSA) is 59.4 Å². The van der Waals surface area contributed by atoms with Gasteiger partial charge < -0.3 is 9.84 Å². The van der Waals surface area contributed by atoms with E-state index in [-0.39, 0.29) is 5.56 Å². The predicted molar refractivity (Wildman–Crippen MR) is 56.2 cm³/mol. The summed E-state index contributed by atoms with van der Waals surface area (Å²) < 4.78 is 5.38. The Bertz CT molecular complexity index is 325. The fourth-order valence-electron chi connectivity index (χ4n) is 1.20. The molecule has 0 bridgehead atoms. The van der Waals surface area contributed by atoms with E-state index in [9.17, 15) is 4.79 Å². The van der Waals surface area contributed by atoms with E-state index < -0.39 is 5.97 Å². The molecule has 0 saturated heterocycles. The number of unbranched alkanes of at least 4 members (excludes halogenated alkanes) is 2. The molecule has 1 N–H and O–H groups in total. The number of carboxylic acid groups (broad SMARTS) is 1. The highest BCUT2D eigenvalue weighted by atomic mass is 16.5. The molecule has 1 rings (SSSR count). The molecule has 1 heterocycles. The van der Waals surface area contributed by atoms with Gasteiger partial charge in [0.15, 0.2) is 0 Å². The lowest BCUT2D eigenvalue weighted by Crippen LogP contribution is -2.04. The van der Waals surface area contributed by atoms with Gasteiger partial charge in [-0.05, 0) is 12.5 Å². The molecule has 1 aromatic rings. The van der Waals surface area contributed by atoms with Gasteiger partial charge in [0.25, 0.3) is 0 Å². The summed E-state index contributed by atoms with van der Waals surface area (Å²) in [6, 6.07) is 1.58. The number of aromatic carboxylic acids is 1. The lowest BCUT2D eigenvalue weighted by atomic mass is 10.2. The van der Waals surface area contributed by atoms with Crippen LogP contribution >= 0.6 is 0 Å². The van der Waals surface area contributed by atoms with Gasteiger partial charge in [-0.1, -0.05) is 19.8 Å². The monoisotopic (exact) mass is 209 g/mol. The average molecular weight is 209 g/mol. The first kappa shape index (κ1) is 11.5. The van der Waals surface area contributed by atoms with Crippen molar-refractivity contribution in [2.24, 2.45) is 0 Å². The van der Waals surface area contributed by atoms with E-state index in [1.807, 2.05) is 0 Å². The summed E-state index contributed by atoms with van der Waals surface area (Å²) in [4.78, 5) is 14.5. The van der Waals surface area contributed by atoms with Crippen LogP contribution in [0.1, 0.15) is 36.5 Å². The Hall–Kier alpha value is -1.58. The van der Waals surface area contributed by atoms with E-state index in [1.54, 1.807) is 6.07 Å². The Morgan fingerprint density at radius 1 is 1.53 bits per heavy atom. The van der Waals surface area contributed by atoms with Gasteiger partial charge in [0.1, 0.15) is 11.3 Å². The van der Waals surface area contributed by atoms with Crippen LogP contribution in [0.25, 0.3) is 0 Å². The minimum absolute atomic E-state index is 0.119. The largest absolute Gasteiger partial charge is 0.493 e. The van der Waals surface area contributed by atoms with Crippen molar-refractivity contribution in [1.82, 2.24) is 4.98 Å². The van der Waals surface area contributed by atoms with Crippen molar-refractivity contribution in [2.45, 2.75) is 26.2 Å². The second-order valence-electron chi connectivity index (χ2n) is 3.23. The zero-order valence-electron chi connectivity index (χ0n) is 8.77. The normalized spacial score (nSPS) is 9.93. The van der Waals surface area contributed by atoms with Gasteiger partial charge in [-0.25, -0.2) is 4.79 Å². The second kappa shape index (κ2) is 6.01. The summed E-state index contributed by atoms with van der Waals surface area (Å²) in [7, 11) is 0. The van der Waals surface area contributed by atoms with Crippen molar-refractivity contribution in [3.8, 4) is 5.75 Å². The highest BCUT2D eigenvalue weighted by Crippen LogP contribution is 2.16. The summed E-state index contributed by atoms with van der Waals surface area (Å²) in [5, 5.41) is 8.85. The molecule has 0 aliphatic rings. The minimum Gasteiger partial charge on any atom is -0.493 e. The molecule has 1 aromatic heterocycles. The van der Waals surface area contributed by atoms with Crippen LogP contribution in [-0.2, 0) is 0 Å². The fourth-order valence-corrected chi connectivity index (χ4v) is 1.20. The fraction of sp³-hybridized carbons (Fsp3) is 0.455. The molecule has 0 unspecified atom stereocenters. The molecule has 0 aliphatic heterocycles. The van der Waals surface area contributed by atoms with Crippen molar-refractivity contribution in [3.05, 3.63) is 24.0 Å². The van der Waals surface area contributed by atoms with Crippen LogP contribution in [0.2, 0.25) is 0 Å². The maximum atomic E-state index is 10.8. The first-order valence-electron chi connectivity index (χ1n) is 5.05. The van der Waals surface area contributed by atoms with Crippen molar-refractivity contribution in [2.75, 3.05) is 6.61 Å². The Labute approximate surface area is 88.9 Å².